The summed E-state index contributed by atoms with van der Waals surface area (Å²) in [6, 6.07) is 1.32. The third-order valence-electron chi connectivity index (χ3n) is 3.39. The number of carbonyl (C=O) groups excluding carboxylic acids is 1. The van der Waals surface area contributed by atoms with Crippen LogP contribution in [-0.2, 0) is 4.79 Å². The zero-order valence-electron chi connectivity index (χ0n) is 10.5. The molecule has 0 saturated heterocycles. The lowest BCUT2D eigenvalue weighted by atomic mass is 9.93. The standard InChI is InChI=1S/C12H13Cl2N3O3/c13-8-5-7(10(14)17-16-8)11(20)15-12(6-9(18)19)3-1-2-4-12/h5H,1-4,6H2,(H,15,20)(H,18,19). The molecule has 0 bridgehead atoms. The summed E-state index contributed by atoms with van der Waals surface area (Å²) in [5, 5.41) is 18.9. The van der Waals surface area contributed by atoms with Gasteiger partial charge in [-0.25, -0.2) is 0 Å². The molecule has 0 atom stereocenters. The highest BCUT2D eigenvalue weighted by molar-refractivity contribution is 6.34. The topological polar surface area (TPSA) is 92.2 Å². The highest BCUT2D eigenvalue weighted by Crippen LogP contribution is 2.33. The second-order valence-electron chi connectivity index (χ2n) is 4.88. The van der Waals surface area contributed by atoms with Crippen LogP contribution >= 0.6 is 23.2 Å². The SMILES string of the molecule is O=C(O)CC1(NC(=O)c2cc(Cl)nnc2Cl)CCCC1. The van der Waals surface area contributed by atoms with E-state index >= 15 is 0 Å². The van der Waals surface area contributed by atoms with Crippen molar-refractivity contribution in [3.8, 4) is 0 Å². The molecule has 108 valence electrons. The van der Waals surface area contributed by atoms with Gasteiger partial charge in [-0.15, -0.1) is 10.2 Å². The molecule has 0 spiro atoms. The Hall–Kier alpha value is -1.40. The third kappa shape index (κ3) is 3.37. The van der Waals surface area contributed by atoms with Crippen LogP contribution in [0, 0.1) is 0 Å². The first-order valence-corrected chi connectivity index (χ1v) is 6.90. The van der Waals surface area contributed by atoms with E-state index in [1.165, 1.54) is 6.07 Å². The van der Waals surface area contributed by atoms with Crippen LogP contribution in [0.4, 0.5) is 0 Å². The fourth-order valence-corrected chi connectivity index (χ4v) is 2.83. The minimum Gasteiger partial charge on any atom is -0.481 e. The Morgan fingerprint density at radius 2 is 1.95 bits per heavy atom. The lowest BCUT2D eigenvalue weighted by molar-refractivity contribution is -0.138. The van der Waals surface area contributed by atoms with E-state index in [0.29, 0.717) is 12.8 Å². The maximum absolute atomic E-state index is 12.2. The smallest absolute Gasteiger partial charge is 0.305 e. The molecule has 1 aliphatic rings. The number of carboxylic acid groups (broad SMARTS) is 1. The van der Waals surface area contributed by atoms with Crippen LogP contribution in [0.3, 0.4) is 0 Å². The average molecular weight is 318 g/mol. The van der Waals surface area contributed by atoms with E-state index in [1.807, 2.05) is 0 Å². The van der Waals surface area contributed by atoms with E-state index in [0.717, 1.165) is 12.8 Å². The minimum atomic E-state index is -0.941. The lowest BCUT2D eigenvalue weighted by Gasteiger charge is -2.28. The van der Waals surface area contributed by atoms with Crippen LogP contribution in [0.2, 0.25) is 10.3 Å². The zero-order valence-corrected chi connectivity index (χ0v) is 12.0. The molecule has 2 N–H and O–H groups in total. The van der Waals surface area contributed by atoms with Gasteiger partial charge < -0.3 is 10.4 Å². The Labute approximate surface area is 125 Å². The third-order valence-corrected chi connectivity index (χ3v) is 3.86. The van der Waals surface area contributed by atoms with Crippen molar-refractivity contribution in [3.63, 3.8) is 0 Å². The van der Waals surface area contributed by atoms with E-state index in [-0.39, 0.29) is 22.3 Å². The van der Waals surface area contributed by atoms with E-state index in [4.69, 9.17) is 28.3 Å². The van der Waals surface area contributed by atoms with Crippen LogP contribution in [0.15, 0.2) is 6.07 Å². The van der Waals surface area contributed by atoms with Gasteiger partial charge in [0.1, 0.15) is 0 Å². The van der Waals surface area contributed by atoms with E-state index in [9.17, 15) is 9.59 Å². The molecule has 0 radical (unpaired) electrons. The lowest BCUT2D eigenvalue weighted by Crippen LogP contribution is -2.47. The van der Waals surface area contributed by atoms with Crippen molar-refractivity contribution in [2.45, 2.75) is 37.6 Å². The van der Waals surface area contributed by atoms with E-state index < -0.39 is 17.4 Å². The Bertz CT molecular complexity index is 545. The molecule has 0 aliphatic heterocycles. The fourth-order valence-electron chi connectivity index (χ4n) is 2.51. The molecule has 2 rings (SSSR count). The van der Waals surface area contributed by atoms with Crippen molar-refractivity contribution in [3.05, 3.63) is 21.9 Å². The summed E-state index contributed by atoms with van der Waals surface area (Å²) in [4.78, 5) is 23.2. The molecular weight excluding hydrogens is 305 g/mol. The van der Waals surface area contributed by atoms with Crippen molar-refractivity contribution in [1.29, 1.82) is 0 Å². The molecule has 1 amide bonds. The largest absolute Gasteiger partial charge is 0.481 e. The van der Waals surface area contributed by atoms with Gasteiger partial charge in [0.25, 0.3) is 5.91 Å². The molecule has 1 fully saturated rings. The van der Waals surface area contributed by atoms with Crippen LogP contribution in [0.1, 0.15) is 42.5 Å². The molecule has 6 nitrogen and oxygen atoms in total. The molecule has 0 aromatic carbocycles. The number of aromatic nitrogens is 2. The maximum Gasteiger partial charge on any atom is 0.305 e. The number of nitrogens with one attached hydrogen (secondary N) is 1. The molecule has 1 aliphatic carbocycles. The molecular formula is C12H13Cl2N3O3. The Morgan fingerprint density at radius 1 is 1.30 bits per heavy atom. The van der Waals surface area contributed by atoms with E-state index in [2.05, 4.69) is 15.5 Å². The maximum atomic E-state index is 12.2. The number of hydrogen-bond acceptors (Lipinski definition) is 4. The summed E-state index contributed by atoms with van der Waals surface area (Å²) in [7, 11) is 0. The first kappa shape index (κ1) is 15.0. The highest BCUT2D eigenvalue weighted by Gasteiger charge is 2.38. The number of aliphatic carboxylic acids is 1. The summed E-state index contributed by atoms with van der Waals surface area (Å²) in [5.74, 6) is -1.42. The number of halogens is 2. The van der Waals surface area contributed by atoms with Gasteiger partial charge in [-0.2, -0.15) is 0 Å². The quantitative estimate of drug-likeness (QED) is 0.888. The Balaban J connectivity index is 2.20. The summed E-state index contributed by atoms with van der Waals surface area (Å²) in [5.41, 5.74) is -0.620. The van der Waals surface area contributed by atoms with Gasteiger partial charge in [0.05, 0.1) is 17.5 Å². The van der Waals surface area contributed by atoms with Crippen LogP contribution in [0.25, 0.3) is 0 Å². The average Bonchev–Trinajstić information content (AvgIpc) is 2.79. The highest BCUT2D eigenvalue weighted by atomic mass is 35.5. The summed E-state index contributed by atoms with van der Waals surface area (Å²) < 4.78 is 0. The molecule has 1 saturated carbocycles. The number of hydrogen-bond donors (Lipinski definition) is 2. The zero-order chi connectivity index (χ0) is 14.8. The van der Waals surface area contributed by atoms with Gasteiger partial charge in [0.15, 0.2) is 10.3 Å². The number of carboxylic acids is 1. The van der Waals surface area contributed by atoms with Crippen molar-refractivity contribution < 1.29 is 14.7 Å². The Kier molecular flexibility index (Phi) is 4.45. The van der Waals surface area contributed by atoms with Gasteiger partial charge in [0, 0.05) is 0 Å². The monoisotopic (exact) mass is 317 g/mol. The predicted molar refractivity (Wildman–Crippen MR) is 73.0 cm³/mol. The first-order chi connectivity index (χ1) is 9.42. The van der Waals surface area contributed by atoms with Gasteiger partial charge in [-0.1, -0.05) is 36.0 Å². The Morgan fingerprint density at radius 3 is 2.55 bits per heavy atom. The number of rotatable bonds is 4. The van der Waals surface area contributed by atoms with Crippen molar-refractivity contribution >= 4 is 35.1 Å². The van der Waals surface area contributed by atoms with Gasteiger partial charge >= 0.3 is 5.97 Å². The van der Waals surface area contributed by atoms with Crippen molar-refractivity contribution in [1.82, 2.24) is 15.5 Å². The summed E-state index contributed by atoms with van der Waals surface area (Å²) in [6.45, 7) is 0. The molecule has 8 heteroatoms. The first-order valence-electron chi connectivity index (χ1n) is 6.15. The summed E-state index contributed by atoms with van der Waals surface area (Å²) >= 11 is 11.5. The van der Waals surface area contributed by atoms with Crippen molar-refractivity contribution in [2.75, 3.05) is 0 Å². The number of nitrogens with zero attached hydrogens (tertiary/aromatic N) is 2. The minimum absolute atomic E-state index is 0.0539. The van der Waals surface area contributed by atoms with E-state index in [1.54, 1.807) is 0 Å². The molecule has 1 aromatic rings. The van der Waals surface area contributed by atoms with Crippen LogP contribution in [-0.4, -0.2) is 32.7 Å². The van der Waals surface area contributed by atoms with Gasteiger partial charge in [-0.05, 0) is 18.9 Å². The normalized spacial score (nSPS) is 16.9. The number of carbonyl (C=O) groups is 2. The van der Waals surface area contributed by atoms with Gasteiger partial charge in [-0.3, -0.25) is 9.59 Å². The fraction of sp³-hybridized carbons (Fsp3) is 0.500. The molecule has 1 aromatic heterocycles. The van der Waals surface area contributed by atoms with Crippen LogP contribution in [0.5, 0.6) is 0 Å². The number of amides is 1. The predicted octanol–water partition coefficient (Wildman–Crippen LogP) is 2.30. The molecule has 20 heavy (non-hydrogen) atoms. The molecule has 0 unspecified atom stereocenters. The van der Waals surface area contributed by atoms with Crippen LogP contribution < -0.4 is 5.32 Å². The second kappa shape index (κ2) is 5.93. The van der Waals surface area contributed by atoms with Crippen molar-refractivity contribution in [2.24, 2.45) is 0 Å². The molecule has 1 heterocycles. The van der Waals surface area contributed by atoms with Gasteiger partial charge in [0.2, 0.25) is 0 Å². The summed E-state index contributed by atoms with van der Waals surface area (Å²) in [6.07, 6.45) is 2.93. The second-order valence-corrected chi connectivity index (χ2v) is 5.63.